The zero-order valence-corrected chi connectivity index (χ0v) is 12.9. The fourth-order valence-corrected chi connectivity index (χ4v) is 3.94. The Bertz CT molecular complexity index is 775. The lowest BCUT2D eigenvalue weighted by molar-refractivity contribution is -0.137. The van der Waals surface area contributed by atoms with E-state index >= 15 is 0 Å². The van der Waals surface area contributed by atoms with Gasteiger partial charge in [0.2, 0.25) is 0 Å². The molecule has 0 saturated carbocycles. The van der Waals surface area contributed by atoms with Crippen molar-refractivity contribution >= 4 is 50.2 Å². The summed E-state index contributed by atoms with van der Waals surface area (Å²) in [5.74, 6) is 0. The van der Waals surface area contributed by atoms with Crippen LogP contribution in [0.15, 0.2) is 28.6 Å². The van der Waals surface area contributed by atoms with Crippen molar-refractivity contribution in [3.05, 3.63) is 39.4 Å². The van der Waals surface area contributed by atoms with Gasteiger partial charge in [-0.3, -0.25) is 4.72 Å². The van der Waals surface area contributed by atoms with Gasteiger partial charge >= 0.3 is 6.18 Å². The molecule has 0 spiro atoms. The van der Waals surface area contributed by atoms with Crippen molar-refractivity contribution < 1.29 is 21.6 Å². The van der Waals surface area contributed by atoms with Gasteiger partial charge in [-0.15, -0.1) is 0 Å². The first-order valence-corrected chi connectivity index (χ1v) is 8.16. The minimum atomic E-state index is -4.69. The molecule has 0 bridgehead atoms. The predicted octanol–water partition coefficient (Wildman–Crippen LogP) is 4.27. The molecule has 0 fully saturated rings. The van der Waals surface area contributed by atoms with Crippen LogP contribution in [0, 0.1) is 0 Å². The van der Waals surface area contributed by atoms with Gasteiger partial charge in [-0.2, -0.15) is 13.2 Å². The molecule has 1 aromatic carbocycles. The molecule has 1 N–H and O–H groups in total. The molecule has 0 aliphatic heterocycles. The number of halogens is 5. The van der Waals surface area contributed by atoms with Gasteiger partial charge in [0.15, 0.2) is 8.68 Å². The average Bonchev–Trinajstić information content (AvgIpc) is 2.77. The summed E-state index contributed by atoms with van der Waals surface area (Å²) in [5, 5.41) is -0.522. The third kappa shape index (κ3) is 3.79. The summed E-state index contributed by atoms with van der Waals surface area (Å²) >= 11 is 11.7. The number of hydrogen-bond acceptors (Lipinski definition) is 4. The highest BCUT2D eigenvalue weighted by Gasteiger charge is 2.33. The largest absolute Gasteiger partial charge is 0.417 e. The summed E-state index contributed by atoms with van der Waals surface area (Å²) in [6, 6.07) is 2.70. The highest BCUT2D eigenvalue weighted by Crippen LogP contribution is 2.36. The fourth-order valence-electron chi connectivity index (χ4n) is 1.37. The SMILES string of the molecule is O=S(=O)(Nc1ccc(Cl)c(C(F)(F)F)c1)c1cnc(Cl)s1. The Morgan fingerprint density at radius 3 is 2.43 bits per heavy atom. The van der Waals surface area contributed by atoms with E-state index in [9.17, 15) is 21.6 Å². The van der Waals surface area contributed by atoms with Crippen LogP contribution < -0.4 is 4.72 Å². The van der Waals surface area contributed by atoms with Crippen LogP contribution in [-0.2, 0) is 16.2 Å². The number of alkyl halides is 3. The normalized spacial score (nSPS) is 12.4. The van der Waals surface area contributed by atoms with Crippen molar-refractivity contribution in [3.8, 4) is 0 Å². The number of thiazole rings is 1. The number of rotatable bonds is 3. The monoisotopic (exact) mass is 376 g/mol. The number of aromatic nitrogens is 1. The molecule has 21 heavy (non-hydrogen) atoms. The minimum absolute atomic E-state index is 0.00228. The molecule has 11 heteroatoms. The molecule has 1 heterocycles. The molecule has 0 saturated heterocycles. The fraction of sp³-hybridized carbons (Fsp3) is 0.100. The van der Waals surface area contributed by atoms with E-state index in [-0.39, 0.29) is 14.4 Å². The first-order chi connectivity index (χ1) is 9.59. The zero-order valence-electron chi connectivity index (χ0n) is 9.78. The minimum Gasteiger partial charge on any atom is -0.279 e. The second-order valence-electron chi connectivity index (χ2n) is 3.73. The van der Waals surface area contributed by atoms with E-state index in [2.05, 4.69) is 4.98 Å². The van der Waals surface area contributed by atoms with Gasteiger partial charge in [0.25, 0.3) is 10.0 Å². The van der Waals surface area contributed by atoms with Crippen LogP contribution in [0.1, 0.15) is 5.56 Å². The first-order valence-electron chi connectivity index (χ1n) is 5.10. The number of benzene rings is 1. The van der Waals surface area contributed by atoms with Gasteiger partial charge in [-0.25, -0.2) is 13.4 Å². The molecule has 0 aliphatic rings. The third-order valence-electron chi connectivity index (χ3n) is 2.25. The van der Waals surface area contributed by atoms with E-state index in [0.29, 0.717) is 17.4 Å². The van der Waals surface area contributed by atoms with Crippen LogP contribution in [0.2, 0.25) is 9.49 Å². The molecule has 0 unspecified atom stereocenters. The molecule has 4 nitrogen and oxygen atoms in total. The van der Waals surface area contributed by atoms with Crippen LogP contribution in [0.25, 0.3) is 0 Å². The Morgan fingerprint density at radius 1 is 1.24 bits per heavy atom. The lowest BCUT2D eigenvalue weighted by Crippen LogP contribution is -2.13. The molecule has 2 rings (SSSR count). The van der Waals surface area contributed by atoms with E-state index < -0.39 is 26.8 Å². The second-order valence-corrected chi connectivity index (χ2v) is 7.66. The van der Waals surface area contributed by atoms with Crippen LogP contribution in [0.5, 0.6) is 0 Å². The highest BCUT2D eigenvalue weighted by atomic mass is 35.5. The average molecular weight is 377 g/mol. The van der Waals surface area contributed by atoms with E-state index in [1.807, 2.05) is 4.72 Å². The lowest BCUT2D eigenvalue weighted by Gasteiger charge is -2.12. The molecule has 114 valence electrons. The predicted molar refractivity (Wildman–Crippen MR) is 74.4 cm³/mol. The number of nitrogens with one attached hydrogen (secondary N) is 1. The maximum absolute atomic E-state index is 12.7. The van der Waals surface area contributed by atoms with E-state index in [1.165, 1.54) is 0 Å². The molecule has 2 aromatic rings. The van der Waals surface area contributed by atoms with Crippen molar-refractivity contribution in [2.45, 2.75) is 10.4 Å². The van der Waals surface area contributed by atoms with Crippen molar-refractivity contribution in [1.29, 1.82) is 0 Å². The maximum Gasteiger partial charge on any atom is 0.417 e. The van der Waals surface area contributed by atoms with Crippen molar-refractivity contribution in [2.75, 3.05) is 4.72 Å². The number of nitrogens with zero attached hydrogens (tertiary/aromatic N) is 1. The number of anilines is 1. The second kappa shape index (κ2) is 5.64. The molecule has 0 aliphatic carbocycles. The highest BCUT2D eigenvalue weighted by molar-refractivity contribution is 7.94. The Balaban J connectivity index is 2.36. The molecular weight excluding hydrogens is 372 g/mol. The van der Waals surface area contributed by atoms with E-state index in [4.69, 9.17) is 23.2 Å². The van der Waals surface area contributed by atoms with Crippen LogP contribution in [-0.4, -0.2) is 13.4 Å². The van der Waals surface area contributed by atoms with E-state index in [1.54, 1.807) is 0 Å². The summed E-state index contributed by atoms with van der Waals surface area (Å²) < 4.78 is 63.8. The van der Waals surface area contributed by atoms with Gasteiger partial charge in [-0.1, -0.05) is 34.5 Å². The topological polar surface area (TPSA) is 59.1 Å². The zero-order chi connectivity index (χ0) is 15.8. The molecule has 0 atom stereocenters. The Kier molecular flexibility index (Phi) is 4.39. The summed E-state index contributed by atoms with van der Waals surface area (Å²) in [6.07, 6.45) is -3.68. The van der Waals surface area contributed by atoms with Gasteiger partial charge in [0, 0.05) is 5.69 Å². The molecule has 1 aromatic heterocycles. The Labute approximate surface area is 131 Å². The maximum atomic E-state index is 12.7. The summed E-state index contributed by atoms with van der Waals surface area (Å²) in [4.78, 5) is 3.56. The lowest BCUT2D eigenvalue weighted by atomic mass is 10.2. The van der Waals surface area contributed by atoms with Crippen LogP contribution in [0.3, 0.4) is 0 Å². The Morgan fingerprint density at radius 2 is 1.90 bits per heavy atom. The summed E-state index contributed by atoms with van der Waals surface area (Å²) in [7, 11) is -4.06. The van der Waals surface area contributed by atoms with Crippen molar-refractivity contribution in [1.82, 2.24) is 4.98 Å². The van der Waals surface area contributed by atoms with Crippen molar-refractivity contribution in [3.63, 3.8) is 0 Å². The first kappa shape index (κ1) is 16.3. The third-order valence-corrected chi connectivity index (χ3v) is 5.53. The quantitative estimate of drug-likeness (QED) is 0.869. The van der Waals surface area contributed by atoms with Crippen molar-refractivity contribution in [2.24, 2.45) is 0 Å². The van der Waals surface area contributed by atoms with Gasteiger partial charge in [-0.05, 0) is 18.2 Å². The smallest absolute Gasteiger partial charge is 0.279 e. The van der Waals surface area contributed by atoms with Crippen LogP contribution in [0.4, 0.5) is 18.9 Å². The number of sulfonamides is 1. The standard InChI is InChI=1S/C10H5Cl2F3N2O2S2/c11-7-2-1-5(3-6(7)10(13,14)15)17-21(18,19)8-4-16-9(12)20-8/h1-4,17H. The van der Waals surface area contributed by atoms with Gasteiger partial charge in [0.1, 0.15) is 0 Å². The summed E-state index contributed by atoms with van der Waals surface area (Å²) in [6.45, 7) is 0. The summed E-state index contributed by atoms with van der Waals surface area (Å²) in [5.41, 5.74) is -1.40. The molecular formula is C10H5Cl2F3N2O2S2. The Hall–Kier alpha value is -1.03. The van der Waals surface area contributed by atoms with Gasteiger partial charge in [0.05, 0.1) is 16.8 Å². The van der Waals surface area contributed by atoms with E-state index in [0.717, 1.165) is 18.3 Å². The molecule has 0 radical (unpaired) electrons. The molecule has 0 amide bonds. The van der Waals surface area contributed by atoms with Gasteiger partial charge < -0.3 is 0 Å². The van der Waals surface area contributed by atoms with Crippen LogP contribution >= 0.6 is 34.5 Å². The number of hydrogen-bond donors (Lipinski definition) is 1.